The van der Waals surface area contributed by atoms with Gasteiger partial charge >= 0.3 is 0 Å². The van der Waals surface area contributed by atoms with Gasteiger partial charge in [-0.3, -0.25) is 9.69 Å². The first-order chi connectivity index (χ1) is 12.7. The van der Waals surface area contributed by atoms with E-state index in [1.54, 1.807) is 0 Å². The molecule has 4 nitrogen and oxygen atoms in total. The van der Waals surface area contributed by atoms with E-state index in [1.165, 1.54) is 44.3 Å². The van der Waals surface area contributed by atoms with Gasteiger partial charge in [-0.1, -0.05) is 25.0 Å². The molecule has 1 N–H and O–H groups in total. The van der Waals surface area contributed by atoms with Gasteiger partial charge in [0.2, 0.25) is 0 Å². The normalized spacial score (nSPS) is 15.3. The Morgan fingerprint density at radius 3 is 2.23 bits per heavy atom. The molecule has 1 aliphatic heterocycles. The van der Waals surface area contributed by atoms with E-state index >= 15 is 0 Å². The Labute approximate surface area is 156 Å². The first kappa shape index (κ1) is 18.5. The van der Waals surface area contributed by atoms with Crippen LogP contribution < -0.4 is 10.1 Å². The third-order valence-corrected chi connectivity index (χ3v) is 4.74. The number of nitrogens with zero attached hydrogens (tertiary/aromatic N) is 1. The van der Waals surface area contributed by atoms with Gasteiger partial charge in [-0.15, -0.1) is 0 Å². The smallest absolute Gasteiger partial charge is 0.255 e. The van der Waals surface area contributed by atoms with Crippen LogP contribution in [-0.2, 0) is 6.54 Å². The number of hydrogen-bond acceptors (Lipinski definition) is 3. The maximum absolute atomic E-state index is 12.4. The molecular formula is C22H28N2O2. The second kappa shape index (κ2) is 9.39. The van der Waals surface area contributed by atoms with Crippen molar-refractivity contribution in [3.8, 4) is 5.75 Å². The summed E-state index contributed by atoms with van der Waals surface area (Å²) in [4.78, 5) is 14.9. The van der Waals surface area contributed by atoms with Gasteiger partial charge in [0, 0.05) is 17.8 Å². The van der Waals surface area contributed by atoms with Crippen molar-refractivity contribution < 1.29 is 9.53 Å². The second-order valence-electron chi connectivity index (χ2n) is 6.80. The summed E-state index contributed by atoms with van der Waals surface area (Å²) < 4.78 is 5.42. The number of carbonyl (C=O) groups excluding carboxylic acids is 1. The van der Waals surface area contributed by atoms with Crippen LogP contribution in [0.15, 0.2) is 48.5 Å². The van der Waals surface area contributed by atoms with Crippen LogP contribution in [0.4, 0.5) is 5.69 Å². The summed E-state index contributed by atoms with van der Waals surface area (Å²) in [5, 5.41) is 2.93. The lowest BCUT2D eigenvalue weighted by atomic mass is 10.1. The number of ether oxygens (including phenoxy) is 1. The molecule has 0 unspecified atom stereocenters. The summed E-state index contributed by atoms with van der Waals surface area (Å²) in [6.07, 6.45) is 5.29. The van der Waals surface area contributed by atoms with Crippen LogP contribution in [0.1, 0.15) is 48.5 Å². The van der Waals surface area contributed by atoms with E-state index in [0.29, 0.717) is 12.2 Å². The number of hydrogen-bond donors (Lipinski definition) is 1. The lowest BCUT2D eigenvalue weighted by Gasteiger charge is -2.19. The van der Waals surface area contributed by atoms with Gasteiger partial charge in [0.1, 0.15) is 5.75 Å². The zero-order chi connectivity index (χ0) is 18.2. The predicted octanol–water partition coefficient (Wildman–Crippen LogP) is 4.71. The van der Waals surface area contributed by atoms with E-state index in [-0.39, 0.29) is 5.91 Å². The Bertz CT molecular complexity index is 687. The molecule has 0 bridgehead atoms. The maximum atomic E-state index is 12.4. The van der Waals surface area contributed by atoms with E-state index in [1.807, 2.05) is 43.3 Å². The minimum Gasteiger partial charge on any atom is -0.494 e. The van der Waals surface area contributed by atoms with Gasteiger partial charge in [-0.05, 0) is 74.8 Å². The largest absolute Gasteiger partial charge is 0.494 e. The molecule has 0 aliphatic carbocycles. The quantitative estimate of drug-likeness (QED) is 0.818. The summed E-state index contributed by atoms with van der Waals surface area (Å²) in [6, 6.07) is 15.4. The van der Waals surface area contributed by atoms with Crippen molar-refractivity contribution in [1.29, 1.82) is 0 Å². The van der Waals surface area contributed by atoms with Crippen LogP contribution in [0, 0.1) is 0 Å². The third-order valence-electron chi connectivity index (χ3n) is 4.74. The van der Waals surface area contributed by atoms with Gasteiger partial charge in [-0.2, -0.15) is 0 Å². The van der Waals surface area contributed by atoms with Crippen LogP contribution >= 0.6 is 0 Å². The average molecular weight is 352 g/mol. The van der Waals surface area contributed by atoms with Crippen LogP contribution in [0.2, 0.25) is 0 Å². The minimum atomic E-state index is -0.0875. The first-order valence-electron chi connectivity index (χ1n) is 9.60. The second-order valence-corrected chi connectivity index (χ2v) is 6.80. The molecule has 0 aromatic heterocycles. The van der Waals surface area contributed by atoms with Crippen molar-refractivity contribution in [2.24, 2.45) is 0 Å². The van der Waals surface area contributed by atoms with Crippen LogP contribution in [0.25, 0.3) is 0 Å². The zero-order valence-electron chi connectivity index (χ0n) is 15.5. The number of likely N-dealkylation sites (tertiary alicyclic amines) is 1. The Morgan fingerprint density at radius 1 is 0.962 bits per heavy atom. The van der Waals surface area contributed by atoms with Gasteiger partial charge in [0.25, 0.3) is 5.91 Å². The minimum absolute atomic E-state index is 0.0875. The SMILES string of the molecule is CCOc1ccc(NC(=O)c2ccc(CN3CCCCCC3)cc2)cc1. The molecule has 0 spiro atoms. The summed E-state index contributed by atoms with van der Waals surface area (Å²) in [7, 11) is 0. The Balaban J connectivity index is 1.56. The molecular weight excluding hydrogens is 324 g/mol. The molecule has 0 saturated carbocycles. The van der Waals surface area contributed by atoms with Crippen LogP contribution in [-0.4, -0.2) is 30.5 Å². The molecule has 1 saturated heterocycles. The number of anilines is 1. The van der Waals surface area contributed by atoms with Crippen molar-refractivity contribution in [3.63, 3.8) is 0 Å². The molecule has 1 heterocycles. The van der Waals surface area contributed by atoms with Crippen molar-refractivity contribution in [2.45, 2.75) is 39.2 Å². The Morgan fingerprint density at radius 2 is 1.62 bits per heavy atom. The van der Waals surface area contributed by atoms with Crippen molar-refractivity contribution >= 4 is 11.6 Å². The highest BCUT2D eigenvalue weighted by Crippen LogP contribution is 2.17. The molecule has 1 amide bonds. The van der Waals surface area contributed by atoms with Crippen LogP contribution in [0.3, 0.4) is 0 Å². The van der Waals surface area contributed by atoms with Gasteiger partial charge in [0.15, 0.2) is 0 Å². The fourth-order valence-electron chi connectivity index (χ4n) is 3.32. The maximum Gasteiger partial charge on any atom is 0.255 e. The molecule has 4 heteroatoms. The summed E-state index contributed by atoms with van der Waals surface area (Å²) in [5.41, 5.74) is 2.72. The summed E-state index contributed by atoms with van der Waals surface area (Å²) in [6.45, 7) is 5.92. The van der Waals surface area contributed by atoms with Crippen molar-refractivity contribution in [2.75, 3.05) is 25.0 Å². The van der Waals surface area contributed by atoms with E-state index in [9.17, 15) is 4.79 Å². The van der Waals surface area contributed by atoms with Gasteiger partial charge in [0.05, 0.1) is 6.61 Å². The topological polar surface area (TPSA) is 41.6 Å². The fourth-order valence-corrected chi connectivity index (χ4v) is 3.32. The molecule has 3 rings (SSSR count). The number of carbonyl (C=O) groups is 1. The fraction of sp³-hybridized carbons (Fsp3) is 0.409. The first-order valence-corrected chi connectivity index (χ1v) is 9.60. The molecule has 26 heavy (non-hydrogen) atoms. The summed E-state index contributed by atoms with van der Waals surface area (Å²) in [5.74, 6) is 0.721. The van der Waals surface area contributed by atoms with E-state index < -0.39 is 0 Å². The van der Waals surface area contributed by atoms with Crippen molar-refractivity contribution in [3.05, 3.63) is 59.7 Å². The standard InChI is InChI=1S/C22H28N2O2/c1-2-26-21-13-11-20(12-14-21)23-22(25)19-9-7-18(8-10-19)17-24-15-5-3-4-6-16-24/h7-14H,2-6,15-17H2,1H3,(H,23,25). The highest BCUT2D eigenvalue weighted by Gasteiger charge is 2.11. The van der Waals surface area contributed by atoms with E-state index in [4.69, 9.17) is 4.74 Å². The number of benzene rings is 2. The van der Waals surface area contributed by atoms with Crippen LogP contribution in [0.5, 0.6) is 5.75 Å². The molecule has 0 atom stereocenters. The lowest BCUT2D eigenvalue weighted by Crippen LogP contribution is -2.24. The van der Waals surface area contributed by atoms with Gasteiger partial charge in [-0.25, -0.2) is 0 Å². The third kappa shape index (κ3) is 5.33. The number of nitrogens with one attached hydrogen (secondary N) is 1. The lowest BCUT2D eigenvalue weighted by molar-refractivity contribution is 0.102. The van der Waals surface area contributed by atoms with Crippen molar-refractivity contribution in [1.82, 2.24) is 4.90 Å². The number of rotatable bonds is 6. The molecule has 1 aliphatic rings. The van der Waals surface area contributed by atoms with E-state index in [2.05, 4.69) is 22.3 Å². The zero-order valence-corrected chi connectivity index (χ0v) is 15.5. The molecule has 138 valence electrons. The summed E-state index contributed by atoms with van der Waals surface area (Å²) >= 11 is 0. The highest BCUT2D eigenvalue weighted by molar-refractivity contribution is 6.04. The predicted molar refractivity (Wildman–Crippen MR) is 106 cm³/mol. The molecule has 2 aromatic rings. The van der Waals surface area contributed by atoms with Gasteiger partial charge < -0.3 is 10.1 Å². The molecule has 0 radical (unpaired) electrons. The van der Waals surface area contributed by atoms with E-state index in [0.717, 1.165) is 18.0 Å². The monoisotopic (exact) mass is 352 g/mol. The molecule has 2 aromatic carbocycles. The highest BCUT2D eigenvalue weighted by atomic mass is 16.5. The Kier molecular flexibility index (Phi) is 6.67. The Hall–Kier alpha value is -2.33. The number of amides is 1. The average Bonchev–Trinajstić information content (AvgIpc) is 2.93. The molecule has 1 fully saturated rings.